The number of carbonyl (C=O) groups is 2. The molecule has 0 fully saturated rings. The maximum Gasteiger partial charge on any atom is 0.306 e. The molecule has 6 heteroatoms. The quantitative estimate of drug-likeness (QED) is 0.818. The molecule has 1 aromatic heterocycles. The molecular formula is C12H14N2O3S. The van der Waals surface area contributed by atoms with Crippen molar-refractivity contribution in [3.63, 3.8) is 0 Å². The Hall–Kier alpha value is -1.69. The standard InChI is InChI=1S/C12H14N2O3S/c1-6(2)10(15)14-12-13-8-4-3-7(11(16)17)5-9(8)18-12/h7H,1,3-5H2,2H3,(H,16,17)(H,13,14,15). The zero-order valence-corrected chi connectivity index (χ0v) is 10.8. The van der Waals surface area contributed by atoms with Gasteiger partial charge in [-0.25, -0.2) is 4.98 Å². The van der Waals surface area contributed by atoms with E-state index >= 15 is 0 Å². The zero-order valence-electron chi connectivity index (χ0n) is 10.0. The fourth-order valence-corrected chi connectivity index (χ4v) is 2.93. The Bertz CT molecular complexity index is 521. The second-order valence-corrected chi connectivity index (χ2v) is 5.48. The first-order valence-corrected chi connectivity index (χ1v) is 6.47. The number of rotatable bonds is 3. The van der Waals surface area contributed by atoms with Gasteiger partial charge in [-0.05, 0) is 26.2 Å². The largest absolute Gasteiger partial charge is 0.481 e. The molecule has 1 aromatic rings. The van der Waals surface area contributed by atoms with E-state index in [2.05, 4.69) is 16.9 Å². The highest BCUT2D eigenvalue weighted by atomic mass is 32.1. The SMILES string of the molecule is C=C(C)C(=O)Nc1nc2c(s1)CC(C(=O)O)CC2. The summed E-state index contributed by atoms with van der Waals surface area (Å²) >= 11 is 1.35. The number of nitrogens with one attached hydrogen (secondary N) is 1. The molecule has 0 bridgehead atoms. The minimum atomic E-state index is -0.762. The van der Waals surface area contributed by atoms with E-state index in [9.17, 15) is 9.59 Å². The number of carboxylic acid groups (broad SMARTS) is 1. The molecule has 0 spiro atoms. The summed E-state index contributed by atoms with van der Waals surface area (Å²) in [5, 5.41) is 12.2. The van der Waals surface area contributed by atoms with Gasteiger partial charge in [0.1, 0.15) is 0 Å². The van der Waals surface area contributed by atoms with E-state index in [1.54, 1.807) is 6.92 Å². The van der Waals surface area contributed by atoms with E-state index in [4.69, 9.17) is 5.11 Å². The first-order chi connectivity index (χ1) is 8.47. The van der Waals surface area contributed by atoms with Crippen LogP contribution in [0.25, 0.3) is 0 Å². The Labute approximate surface area is 109 Å². The summed E-state index contributed by atoms with van der Waals surface area (Å²) in [5.41, 5.74) is 1.33. The second kappa shape index (κ2) is 4.89. The van der Waals surface area contributed by atoms with E-state index in [1.165, 1.54) is 11.3 Å². The van der Waals surface area contributed by atoms with Crippen LogP contribution in [-0.4, -0.2) is 22.0 Å². The molecule has 0 aliphatic heterocycles. The van der Waals surface area contributed by atoms with Crippen LogP contribution in [0.4, 0.5) is 5.13 Å². The van der Waals surface area contributed by atoms with Crippen molar-refractivity contribution >= 4 is 28.3 Å². The lowest BCUT2D eigenvalue weighted by molar-refractivity contribution is -0.142. The molecule has 2 N–H and O–H groups in total. The molecule has 0 saturated carbocycles. The van der Waals surface area contributed by atoms with Crippen LogP contribution in [0.2, 0.25) is 0 Å². The molecule has 0 saturated heterocycles. The molecule has 0 aromatic carbocycles. The number of aliphatic carboxylic acids is 1. The van der Waals surface area contributed by atoms with Gasteiger partial charge in [0.15, 0.2) is 5.13 Å². The van der Waals surface area contributed by atoms with Gasteiger partial charge < -0.3 is 5.11 Å². The summed E-state index contributed by atoms with van der Waals surface area (Å²) in [6.45, 7) is 5.18. The number of amides is 1. The molecule has 0 radical (unpaired) electrons. The third kappa shape index (κ3) is 2.59. The van der Waals surface area contributed by atoms with Crippen LogP contribution in [-0.2, 0) is 22.4 Å². The number of carboxylic acids is 1. The van der Waals surface area contributed by atoms with Crippen molar-refractivity contribution in [2.45, 2.75) is 26.2 Å². The van der Waals surface area contributed by atoms with Crippen molar-refractivity contribution in [1.82, 2.24) is 4.98 Å². The summed E-state index contributed by atoms with van der Waals surface area (Å²) in [7, 11) is 0. The van der Waals surface area contributed by atoms with Crippen molar-refractivity contribution < 1.29 is 14.7 Å². The number of anilines is 1. The van der Waals surface area contributed by atoms with Gasteiger partial charge in [0.2, 0.25) is 0 Å². The van der Waals surface area contributed by atoms with Crippen LogP contribution < -0.4 is 5.32 Å². The minimum Gasteiger partial charge on any atom is -0.481 e. The maximum atomic E-state index is 11.5. The van der Waals surface area contributed by atoms with Gasteiger partial charge in [-0.3, -0.25) is 14.9 Å². The Kier molecular flexibility index (Phi) is 3.47. The Morgan fingerprint density at radius 1 is 1.56 bits per heavy atom. The van der Waals surface area contributed by atoms with Gasteiger partial charge >= 0.3 is 5.97 Å². The number of aromatic nitrogens is 1. The van der Waals surface area contributed by atoms with E-state index in [0.717, 1.165) is 10.6 Å². The average Bonchev–Trinajstić information content (AvgIpc) is 2.69. The predicted molar refractivity (Wildman–Crippen MR) is 68.7 cm³/mol. The fourth-order valence-electron chi connectivity index (χ4n) is 1.84. The summed E-state index contributed by atoms with van der Waals surface area (Å²) in [4.78, 5) is 27.7. The third-order valence-electron chi connectivity index (χ3n) is 2.90. The molecule has 1 aliphatic carbocycles. The fraction of sp³-hybridized carbons (Fsp3) is 0.417. The minimum absolute atomic E-state index is 0.254. The van der Waals surface area contributed by atoms with Crippen molar-refractivity contribution in [3.8, 4) is 0 Å². The van der Waals surface area contributed by atoms with Crippen LogP contribution in [0.15, 0.2) is 12.2 Å². The number of hydrogen-bond donors (Lipinski definition) is 2. The Morgan fingerprint density at radius 3 is 2.89 bits per heavy atom. The smallest absolute Gasteiger partial charge is 0.306 e. The molecule has 1 heterocycles. The highest BCUT2D eigenvalue weighted by Gasteiger charge is 2.27. The number of carbonyl (C=O) groups excluding carboxylic acids is 1. The number of fused-ring (bicyclic) bond motifs is 1. The lowest BCUT2D eigenvalue weighted by atomic mass is 9.91. The Balaban J connectivity index is 2.13. The predicted octanol–water partition coefficient (Wildman–Crippen LogP) is 1.85. The number of aryl methyl sites for hydroxylation is 1. The molecule has 96 valence electrons. The van der Waals surface area contributed by atoms with Gasteiger partial charge in [-0.2, -0.15) is 0 Å². The monoisotopic (exact) mass is 266 g/mol. The molecular weight excluding hydrogens is 252 g/mol. The van der Waals surface area contributed by atoms with Crippen molar-refractivity contribution in [2.75, 3.05) is 5.32 Å². The van der Waals surface area contributed by atoms with E-state index in [-0.39, 0.29) is 11.8 Å². The molecule has 1 unspecified atom stereocenters. The summed E-state index contributed by atoms with van der Waals surface area (Å²) < 4.78 is 0. The summed E-state index contributed by atoms with van der Waals surface area (Å²) in [6, 6.07) is 0. The van der Waals surface area contributed by atoms with E-state index in [0.29, 0.717) is 30.0 Å². The molecule has 2 rings (SSSR count). The molecule has 1 amide bonds. The second-order valence-electron chi connectivity index (χ2n) is 4.40. The highest BCUT2D eigenvalue weighted by Crippen LogP contribution is 2.32. The van der Waals surface area contributed by atoms with Crippen molar-refractivity contribution in [2.24, 2.45) is 5.92 Å². The van der Waals surface area contributed by atoms with E-state index in [1.807, 2.05) is 0 Å². The first kappa shape index (κ1) is 12.8. The molecule has 18 heavy (non-hydrogen) atoms. The van der Waals surface area contributed by atoms with Crippen LogP contribution in [0.3, 0.4) is 0 Å². The number of thiazole rings is 1. The normalized spacial score (nSPS) is 17.9. The van der Waals surface area contributed by atoms with Gasteiger partial charge in [-0.1, -0.05) is 6.58 Å². The number of nitrogens with zero attached hydrogens (tertiary/aromatic N) is 1. The lowest BCUT2D eigenvalue weighted by Crippen LogP contribution is -2.21. The highest BCUT2D eigenvalue weighted by molar-refractivity contribution is 7.15. The molecule has 5 nitrogen and oxygen atoms in total. The topological polar surface area (TPSA) is 79.3 Å². The van der Waals surface area contributed by atoms with Crippen LogP contribution in [0.5, 0.6) is 0 Å². The van der Waals surface area contributed by atoms with Crippen molar-refractivity contribution in [1.29, 1.82) is 0 Å². The molecule has 1 atom stereocenters. The van der Waals surface area contributed by atoms with Crippen LogP contribution in [0, 0.1) is 5.92 Å². The third-order valence-corrected chi connectivity index (χ3v) is 3.93. The zero-order chi connectivity index (χ0) is 13.3. The average molecular weight is 266 g/mol. The summed E-state index contributed by atoms with van der Waals surface area (Å²) in [5.74, 6) is -1.35. The van der Waals surface area contributed by atoms with Gasteiger partial charge in [0, 0.05) is 10.5 Å². The summed E-state index contributed by atoms with van der Waals surface area (Å²) in [6.07, 6.45) is 1.77. The van der Waals surface area contributed by atoms with Gasteiger partial charge in [0.25, 0.3) is 5.91 Å². The lowest BCUT2D eigenvalue weighted by Gasteiger charge is -2.16. The van der Waals surface area contributed by atoms with Crippen LogP contribution >= 0.6 is 11.3 Å². The van der Waals surface area contributed by atoms with E-state index < -0.39 is 5.97 Å². The Morgan fingerprint density at radius 2 is 2.28 bits per heavy atom. The number of hydrogen-bond acceptors (Lipinski definition) is 4. The van der Waals surface area contributed by atoms with Gasteiger partial charge in [0.05, 0.1) is 11.6 Å². The first-order valence-electron chi connectivity index (χ1n) is 5.65. The van der Waals surface area contributed by atoms with Crippen molar-refractivity contribution in [3.05, 3.63) is 22.7 Å². The maximum absolute atomic E-state index is 11.5. The van der Waals surface area contributed by atoms with Crippen LogP contribution in [0.1, 0.15) is 23.9 Å². The molecule has 1 aliphatic rings. The van der Waals surface area contributed by atoms with Gasteiger partial charge in [-0.15, -0.1) is 11.3 Å².